The summed E-state index contributed by atoms with van der Waals surface area (Å²) in [5, 5.41) is 3.36. The zero-order valence-electron chi connectivity index (χ0n) is 10.3. The van der Waals surface area contributed by atoms with Crippen LogP contribution in [0.2, 0.25) is 0 Å². The molecule has 4 heteroatoms. The molecule has 0 radical (unpaired) electrons. The van der Waals surface area contributed by atoms with Gasteiger partial charge in [-0.2, -0.15) is 4.98 Å². The molecule has 3 rings (SSSR count). The predicted molar refractivity (Wildman–Crippen MR) is 69.8 cm³/mol. The highest BCUT2D eigenvalue weighted by molar-refractivity contribution is 5.38. The summed E-state index contributed by atoms with van der Waals surface area (Å²) < 4.78 is 5.09. The Morgan fingerprint density at radius 2 is 1.89 bits per heavy atom. The lowest BCUT2D eigenvalue weighted by molar-refractivity contribution is 0.397. The van der Waals surface area contributed by atoms with E-state index in [2.05, 4.69) is 39.6 Å². The lowest BCUT2D eigenvalue weighted by Gasteiger charge is -2.11. The van der Waals surface area contributed by atoms with Gasteiger partial charge in [0, 0.05) is 18.3 Å². The average molecular weight is 241 g/mol. The standard InChI is InChI=1S/C14H15N3O/c1-18-13-6-7-15-14(17-13)16-12-8-10-4-2-3-5-11(10)9-12/h2-7,12H,8-9H2,1H3,(H,15,16,17). The fourth-order valence-electron chi connectivity index (χ4n) is 2.37. The molecule has 1 aromatic heterocycles. The zero-order valence-corrected chi connectivity index (χ0v) is 10.3. The number of nitrogens with zero attached hydrogens (tertiary/aromatic N) is 2. The van der Waals surface area contributed by atoms with E-state index in [4.69, 9.17) is 4.74 Å². The first kappa shape index (κ1) is 11.0. The summed E-state index contributed by atoms with van der Waals surface area (Å²) in [6.45, 7) is 0. The molecule has 92 valence electrons. The van der Waals surface area contributed by atoms with E-state index in [1.165, 1.54) is 11.1 Å². The van der Waals surface area contributed by atoms with Crippen LogP contribution in [-0.2, 0) is 12.8 Å². The molecule has 0 saturated carbocycles. The Labute approximate surface area is 106 Å². The maximum absolute atomic E-state index is 5.09. The number of aromatic nitrogens is 2. The SMILES string of the molecule is COc1ccnc(NC2Cc3ccccc3C2)n1. The molecule has 0 bridgehead atoms. The topological polar surface area (TPSA) is 47.0 Å². The zero-order chi connectivity index (χ0) is 12.4. The molecule has 0 fully saturated rings. The second-order valence-electron chi connectivity index (χ2n) is 4.44. The Hall–Kier alpha value is -2.10. The number of hydrogen-bond donors (Lipinski definition) is 1. The van der Waals surface area contributed by atoms with Gasteiger partial charge in [0.1, 0.15) is 0 Å². The molecule has 18 heavy (non-hydrogen) atoms. The maximum Gasteiger partial charge on any atom is 0.226 e. The molecule has 1 aliphatic carbocycles. The van der Waals surface area contributed by atoms with Gasteiger partial charge in [0.25, 0.3) is 0 Å². The minimum absolute atomic E-state index is 0.370. The summed E-state index contributed by atoms with van der Waals surface area (Å²) in [6.07, 6.45) is 3.75. The Balaban J connectivity index is 1.72. The molecule has 0 aliphatic heterocycles. The van der Waals surface area contributed by atoms with Crippen molar-refractivity contribution in [2.75, 3.05) is 12.4 Å². The van der Waals surface area contributed by atoms with Crippen LogP contribution < -0.4 is 10.1 Å². The number of hydrogen-bond acceptors (Lipinski definition) is 4. The minimum Gasteiger partial charge on any atom is -0.481 e. The van der Waals surface area contributed by atoms with E-state index in [0.29, 0.717) is 17.9 Å². The lowest BCUT2D eigenvalue weighted by Crippen LogP contribution is -2.21. The van der Waals surface area contributed by atoms with Crippen molar-refractivity contribution in [1.29, 1.82) is 0 Å². The van der Waals surface area contributed by atoms with E-state index in [-0.39, 0.29) is 0 Å². The van der Waals surface area contributed by atoms with Crippen LogP contribution in [-0.4, -0.2) is 23.1 Å². The molecular formula is C14H15N3O. The third kappa shape index (κ3) is 2.14. The van der Waals surface area contributed by atoms with E-state index >= 15 is 0 Å². The smallest absolute Gasteiger partial charge is 0.226 e. The Morgan fingerprint density at radius 3 is 2.56 bits per heavy atom. The van der Waals surface area contributed by atoms with Crippen molar-refractivity contribution in [1.82, 2.24) is 9.97 Å². The minimum atomic E-state index is 0.370. The van der Waals surface area contributed by atoms with Crippen molar-refractivity contribution in [2.45, 2.75) is 18.9 Å². The first-order valence-corrected chi connectivity index (χ1v) is 6.05. The normalized spacial score (nSPS) is 14.3. The van der Waals surface area contributed by atoms with E-state index in [1.54, 1.807) is 19.4 Å². The van der Waals surface area contributed by atoms with Gasteiger partial charge in [-0.3, -0.25) is 0 Å². The summed E-state index contributed by atoms with van der Waals surface area (Å²) in [4.78, 5) is 8.48. The molecule has 0 amide bonds. The predicted octanol–water partition coefficient (Wildman–Crippen LogP) is 2.06. The van der Waals surface area contributed by atoms with Gasteiger partial charge < -0.3 is 10.1 Å². The number of nitrogens with one attached hydrogen (secondary N) is 1. The molecule has 1 heterocycles. The summed E-state index contributed by atoms with van der Waals surface area (Å²) in [5.74, 6) is 1.22. The highest BCUT2D eigenvalue weighted by atomic mass is 16.5. The van der Waals surface area contributed by atoms with Crippen molar-refractivity contribution in [3.05, 3.63) is 47.7 Å². The van der Waals surface area contributed by atoms with Gasteiger partial charge in [-0.05, 0) is 24.0 Å². The molecule has 0 saturated heterocycles. The Morgan fingerprint density at radius 1 is 1.17 bits per heavy atom. The van der Waals surface area contributed by atoms with Crippen molar-refractivity contribution < 1.29 is 4.74 Å². The van der Waals surface area contributed by atoms with Crippen LogP contribution >= 0.6 is 0 Å². The van der Waals surface area contributed by atoms with E-state index in [0.717, 1.165) is 12.8 Å². The Bertz CT molecular complexity index is 531. The van der Waals surface area contributed by atoms with Crippen molar-refractivity contribution in [3.63, 3.8) is 0 Å². The van der Waals surface area contributed by atoms with Gasteiger partial charge >= 0.3 is 0 Å². The maximum atomic E-state index is 5.09. The van der Waals surface area contributed by atoms with Crippen molar-refractivity contribution >= 4 is 5.95 Å². The van der Waals surface area contributed by atoms with E-state index in [9.17, 15) is 0 Å². The monoisotopic (exact) mass is 241 g/mol. The number of benzene rings is 1. The van der Waals surface area contributed by atoms with E-state index < -0.39 is 0 Å². The number of methoxy groups -OCH3 is 1. The number of rotatable bonds is 3. The molecule has 0 unspecified atom stereocenters. The highest BCUT2D eigenvalue weighted by Crippen LogP contribution is 2.23. The van der Waals surface area contributed by atoms with Gasteiger partial charge in [-0.1, -0.05) is 24.3 Å². The van der Waals surface area contributed by atoms with Crippen molar-refractivity contribution in [3.8, 4) is 5.88 Å². The Kier molecular flexibility index (Phi) is 2.84. The third-order valence-corrected chi connectivity index (χ3v) is 3.22. The third-order valence-electron chi connectivity index (χ3n) is 3.22. The van der Waals surface area contributed by atoms with Crippen LogP contribution in [0.25, 0.3) is 0 Å². The van der Waals surface area contributed by atoms with Crippen molar-refractivity contribution in [2.24, 2.45) is 0 Å². The van der Waals surface area contributed by atoms with Gasteiger partial charge in [-0.15, -0.1) is 0 Å². The summed E-state index contributed by atoms with van der Waals surface area (Å²) in [7, 11) is 1.61. The highest BCUT2D eigenvalue weighted by Gasteiger charge is 2.21. The fourth-order valence-corrected chi connectivity index (χ4v) is 2.37. The molecule has 4 nitrogen and oxygen atoms in total. The second-order valence-corrected chi connectivity index (χ2v) is 4.44. The first-order chi connectivity index (χ1) is 8.85. The molecule has 2 aromatic rings. The van der Waals surface area contributed by atoms with Gasteiger partial charge in [-0.25, -0.2) is 4.98 Å². The molecule has 1 N–H and O–H groups in total. The van der Waals surface area contributed by atoms with Crippen LogP contribution in [0.3, 0.4) is 0 Å². The largest absolute Gasteiger partial charge is 0.481 e. The van der Waals surface area contributed by atoms with Crippen LogP contribution in [0.5, 0.6) is 5.88 Å². The van der Waals surface area contributed by atoms with Gasteiger partial charge in [0.05, 0.1) is 7.11 Å². The summed E-state index contributed by atoms with van der Waals surface area (Å²) >= 11 is 0. The number of fused-ring (bicyclic) bond motifs is 1. The molecular weight excluding hydrogens is 226 g/mol. The lowest BCUT2D eigenvalue weighted by atomic mass is 10.1. The molecule has 1 aromatic carbocycles. The number of ether oxygens (including phenoxy) is 1. The van der Waals surface area contributed by atoms with Crippen LogP contribution in [0.15, 0.2) is 36.5 Å². The first-order valence-electron chi connectivity index (χ1n) is 6.05. The second kappa shape index (κ2) is 4.64. The quantitative estimate of drug-likeness (QED) is 0.893. The van der Waals surface area contributed by atoms with Crippen LogP contribution in [0.4, 0.5) is 5.95 Å². The number of anilines is 1. The molecule has 1 aliphatic rings. The van der Waals surface area contributed by atoms with Gasteiger partial charge in [0.15, 0.2) is 0 Å². The summed E-state index contributed by atoms with van der Waals surface area (Å²) in [6, 6.07) is 10.7. The van der Waals surface area contributed by atoms with Gasteiger partial charge in [0.2, 0.25) is 11.8 Å². The van der Waals surface area contributed by atoms with Crippen LogP contribution in [0.1, 0.15) is 11.1 Å². The molecule has 0 atom stereocenters. The van der Waals surface area contributed by atoms with E-state index in [1.807, 2.05) is 0 Å². The fraction of sp³-hybridized carbons (Fsp3) is 0.286. The van der Waals surface area contributed by atoms with Crippen LogP contribution in [0, 0.1) is 0 Å². The summed E-state index contributed by atoms with van der Waals surface area (Å²) in [5.41, 5.74) is 2.83. The molecule has 0 spiro atoms. The average Bonchev–Trinajstić information content (AvgIpc) is 2.81.